The molecule has 1 aromatic heterocycles. The van der Waals surface area contributed by atoms with Crippen molar-refractivity contribution < 1.29 is 19.2 Å². The molecule has 19 heavy (non-hydrogen) atoms. The maximum absolute atomic E-state index is 10.9. The van der Waals surface area contributed by atoms with Gasteiger partial charge in [0.1, 0.15) is 6.10 Å². The lowest BCUT2D eigenvalue weighted by Gasteiger charge is -2.04. The van der Waals surface area contributed by atoms with Crippen LogP contribution in [0.2, 0.25) is 0 Å². The zero-order chi connectivity index (χ0) is 13.8. The highest BCUT2D eigenvalue weighted by atomic mass is 16.5. The number of ether oxygens (including phenoxy) is 1. The van der Waals surface area contributed by atoms with Gasteiger partial charge in [-0.25, -0.2) is 4.79 Å². The molecule has 0 fully saturated rings. The molecule has 100 valence electrons. The standard InChI is InChI=1S/C13H14N2O4/c1-3-18-8(2)11-14-12(19-15-11)9-5-4-6-10(7-9)13(16)17/h4-8H,3H2,1-2H3,(H,16,17). The van der Waals surface area contributed by atoms with Gasteiger partial charge in [-0.15, -0.1) is 0 Å². The highest BCUT2D eigenvalue weighted by Gasteiger charge is 2.15. The van der Waals surface area contributed by atoms with E-state index in [1.807, 2.05) is 13.8 Å². The molecule has 0 amide bonds. The molecule has 0 saturated carbocycles. The lowest BCUT2D eigenvalue weighted by atomic mass is 10.1. The zero-order valence-electron chi connectivity index (χ0n) is 10.7. The average molecular weight is 262 g/mol. The van der Waals surface area contributed by atoms with E-state index in [9.17, 15) is 4.79 Å². The maximum Gasteiger partial charge on any atom is 0.335 e. The highest BCUT2D eigenvalue weighted by Crippen LogP contribution is 2.21. The molecule has 1 unspecified atom stereocenters. The molecule has 2 aromatic rings. The van der Waals surface area contributed by atoms with E-state index >= 15 is 0 Å². The molecule has 0 saturated heterocycles. The minimum atomic E-state index is -0.996. The van der Waals surface area contributed by atoms with E-state index in [4.69, 9.17) is 14.4 Å². The average Bonchev–Trinajstić information content (AvgIpc) is 2.89. The van der Waals surface area contributed by atoms with Crippen molar-refractivity contribution in [3.63, 3.8) is 0 Å². The van der Waals surface area contributed by atoms with E-state index < -0.39 is 5.97 Å². The number of nitrogens with zero attached hydrogens (tertiary/aromatic N) is 2. The molecule has 6 heteroatoms. The number of hydrogen-bond donors (Lipinski definition) is 1. The first kappa shape index (κ1) is 13.2. The first-order valence-corrected chi connectivity index (χ1v) is 5.90. The Kier molecular flexibility index (Phi) is 3.91. The minimum Gasteiger partial charge on any atom is -0.478 e. The van der Waals surface area contributed by atoms with Gasteiger partial charge in [0.05, 0.1) is 5.56 Å². The maximum atomic E-state index is 10.9. The molecule has 6 nitrogen and oxygen atoms in total. The van der Waals surface area contributed by atoms with Crippen LogP contribution >= 0.6 is 0 Å². The van der Waals surface area contributed by atoms with E-state index in [2.05, 4.69) is 10.1 Å². The Balaban J connectivity index is 2.27. The smallest absolute Gasteiger partial charge is 0.335 e. The molecule has 0 bridgehead atoms. The fraction of sp³-hybridized carbons (Fsp3) is 0.308. The summed E-state index contributed by atoms with van der Waals surface area (Å²) >= 11 is 0. The number of carbonyl (C=O) groups is 1. The summed E-state index contributed by atoms with van der Waals surface area (Å²) in [6, 6.07) is 6.35. The van der Waals surface area contributed by atoms with Crippen molar-refractivity contribution in [2.75, 3.05) is 6.61 Å². The number of benzene rings is 1. The first-order valence-electron chi connectivity index (χ1n) is 5.90. The summed E-state index contributed by atoms with van der Waals surface area (Å²) < 4.78 is 10.5. The highest BCUT2D eigenvalue weighted by molar-refractivity contribution is 5.88. The third kappa shape index (κ3) is 2.97. The number of carboxylic acids is 1. The Morgan fingerprint density at radius 3 is 3.00 bits per heavy atom. The zero-order valence-corrected chi connectivity index (χ0v) is 10.7. The van der Waals surface area contributed by atoms with Gasteiger partial charge in [0.15, 0.2) is 0 Å². The SMILES string of the molecule is CCOC(C)c1noc(-c2cccc(C(=O)O)c2)n1. The molecule has 1 aromatic carbocycles. The van der Waals surface area contributed by atoms with Crippen molar-refractivity contribution in [2.24, 2.45) is 0 Å². The van der Waals surface area contributed by atoms with Gasteiger partial charge in [0, 0.05) is 12.2 Å². The second kappa shape index (κ2) is 5.62. The van der Waals surface area contributed by atoms with Crippen LogP contribution in [0.4, 0.5) is 0 Å². The molecular formula is C13H14N2O4. The van der Waals surface area contributed by atoms with E-state index in [0.29, 0.717) is 18.0 Å². The molecule has 0 spiro atoms. The summed E-state index contributed by atoms with van der Waals surface area (Å²) in [6.07, 6.45) is -0.259. The summed E-state index contributed by atoms with van der Waals surface area (Å²) in [5.74, 6) is -0.272. The first-order chi connectivity index (χ1) is 9.11. The lowest BCUT2D eigenvalue weighted by Crippen LogP contribution is -2.01. The predicted molar refractivity (Wildman–Crippen MR) is 66.7 cm³/mol. The largest absolute Gasteiger partial charge is 0.478 e. The van der Waals surface area contributed by atoms with Crippen LogP contribution in [0.25, 0.3) is 11.5 Å². The van der Waals surface area contributed by atoms with Crippen LogP contribution in [0.1, 0.15) is 36.1 Å². The molecule has 2 rings (SSSR count). The molecule has 0 aliphatic rings. The summed E-state index contributed by atoms with van der Waals surface area (Å²) in [5, 5.41) is 12.8. The monoisotopic (exact) mass is 262 g/mol. The quantitative estimate of drug-likeness (QED) is 0.891. The third-order valence-electron chi connectivity index (χ3n) is 2.58. The van der Waals surface area contributed by atoms with Crippen LogP contribution in [-0.2, 0) is 4.74 Å². The Morgan fingerprint density at radius 2 is 2.32 bits per heavy atom. The van der Waals surface area contributed by atoms with Crippen LogP contribution < -0.4 is 0 Å². The topological polar surface area (TPSA) is 85.5 Å². The molecule has 0 radical (unpaired) electrons. The Morgan fingerprint density at radius 1 is 1.53 bits per heavy atom. The van der Waals surface area contributed by atoms with Crippen molar-refractivity contribution in [3.8, 4) is 11.5 Å². The van der Waals surface area contributed by atoms with Gasteiger partial charge >= 0.3 is 5.97 Å². The lowest BCUT2D eigenvalue weighted by molar-refractivity contribution is 0.0682. The van der Waals surface area contributed by atoms with Gasteiger partial charge in [-0.3, -0.25) is 0 Å². The Labute approximate surface area is 110 Å². The third-order valence-corrected chi connectivity index (χ3v) is 2.58. The normalized spacial score (nSPS) is 12.3. The van der Waals surface area contributed by atoms with E-state index in [0.717, 1.165) is 0 Å². The fourth-order valence-corrected chi connectivity index (χ4v) is 1.63. The van der Waals surface area contributed by atoms with E-state index in [1.54, 1.807) is 12.1 Å². The molecule has 1 N–H and O–H groups in total. The second-order valence-corrected chi connectivity index (χ2v) is 3.94. The van der Waals surface area contributed by atoms with Gasteiger partial charge in [-0.05, 0) is 32.0 Å². The molecule has 0 aliphatic heterocycles. The van der Waals surface area contributed by atoms with Crippen molar-refractivity contribution in [2.45, 2.75) is 20.0 Å². The summed E-state index contributed by atoms with van der Waals surface area (Å²) in [4.78, 5) is 15.1. The van der Waals surface area contributed by atoms with Crippen LogP contribution in [-0.4, -0.2) is 27.8 Å². The Bertz CT molecular complexity index is 580. The minimum absolute atomic E-state index is 0.176. The van der Waals surface area contributed by atoms with Crippen LogP contribution in [0.3, 0.4) is 0 Å². The number of hydrogen-bond acceptors (Lipinski definition) is 5. The van der Waals surface area contributed by atoms with Crippen LogP contribution in [0.15, 0.2) is 28.8 Å². The number of aromatic nitrogens is 2. The number of rotatable bonds is 5. The van der Waals surface area contributed by atoms with Gasteiger partial charge in [-0.1, -0.05) is 11.2 Å². The fourth-order valence-electron chi connectivity index (χ4n) is 1.63. The van der Waals surface area contributed by atoms with Crippen molar-refractivity contribution >= 4 is 5.97 Å². The van der Waals surface area contributed by atoms with Crippen LogP contribution in [0, 0.1) is 0 Å². The van der Waals surface area contributed by atoms with E-state index in [1.165, 1.54) is 12.1 Å². The van der Waals surface area contributed by atoms with Crippen molar-refractivity contribution in [3.05, 3.63) is 35.7 Å². The number of carboxylic acid groups (broad SMARTS) is 1. The molecule has 1 heterocycles. The summed E-state index contributed by atoms with van der Waals surface area (Å²) in [6.45, 7) is 4.26. The Hall–Kier alpha value is -2.21. The van der Waals surface area contributed by atoms with Gasteiger partial charge in [-0.2, -0.15) is 4.98 Å². The molecule has 0 aliphatic carbocycles. The van der Waals surface area contributed by atoms with Crippen LogP contribution in [0.5, 0.6) is 0 Å². The van der Waals surface area contributed by atoms with E-state index in [-0.39, 0.29) is 17.6 Å². The summed E-state index contributed by atoms with van der Waals surface area (Å²) in [5.41, 5.74) is 0.748. The van der Waals surface area contributed by atoms with Gasteiger partial charge in [0.25, 0.3) is 5.89 Å². The van der Waals surface area contributed by atoms with Crippen molar-refractivity contribution in [1.29, 1.82) is 0 Å². The van der Waals surface area contributed by atoms with Crippen molar-refractivity contribution in [1.82, 2.24) is 10.1 Å². The predicted octanol–water partition coefficient (Wildman–Crippen LogP) is 2.53. The summed E-state index contributed by atoms with van der Waals surface area (Å²) in [7, 11) is 0. The number of aromatic carboxylic acids is 1. The molecule has 1 atom stereocenters. The molecular weight excluding hydrogens is 248 g/mol. The van der Waals surface area contributed by atoms with Gasteiger partial charge < -0.3 is 14.4 Å². The second-order valence-electron chi connectivity index (χ2n) is 3.94. The van der Waals surface area contributed by atoms with Gasteiger partial charge in [0.2, 0.25) is 5.82 Å².